The van der Waals surface area contributed by atoms with Crippen molar-refractivity contribution in [3.8, 4) is 0 Å². The number of anilines is 1. The van der Waals surface area contributed by atoms with Crippen LogP contribution in [-0.2, 0) is 28.7 Å². The smallest absolute Gasteiger partial charge is 0.313 e. The molecule has 2 aromatic rings. The number of ether oxygens (including phenoxy) is 2. The zero-order valence-corrected chi connectivity index (χ0v) is 25.9. The van der Waals surface area contributed by atoms with Crippen LogP contribution in [0, 0.1) is 18.8 Å². The van der Waals surface area contributed by atoms with Crippen LogP contribution in [0.25, 0.3) is 0 Å². The van der Waals surface area contributed by atoms with Gasteiger partial charge >= 0.3 is 5.97 Å². The normalized spacial score (nSPS) is 31.5. The van der Waals surface area contributed by atoms with Crippen LogP contribution in [0.15, 0.2) is 72.8 Å². The molecule has 10 nitrogen and oxygen atoms in total. The monoisotopic (exact) mass is 633 g/mol. The van der Waals surface area contributed by atoms with Crippen molar-refractivity contribution < 1.29 is 33.8 Å². The van der Waals surface area contributed by atoms with Gasteiger partial charge in [0.2, 0.25) is 11.8 Å². The van der Waals surface area contributed by atoms with E-state index in [0.717, 1.165) is 5.56 Å². The number of carbonyl (C=O) groups is 4. The lowest BCUT2D eigenvalue weighted by molar-refractivity contribution is -0.160. The molecule has 0 saturated carbocycles. The van der Waals surface area contributed by atoms with Gasteiger partial charge in [0, 0.05) is 13.0 Å². The maximum absolute atomic E-state index is 14.8. The van der Waals surface area contributed by atoms with Crippen LogP contribution in [-0.4, -0.2) is 77.2 Å². The largest absolute Gasteiger partial charge is 0.455 e. The predicted octanol–water partition coefficient (Wildman–Crippen LogP) is 3.26. The number of halogens is 1. The van der Waals surface area contributed by atoms with Crippen molar-refractivity contribution in [1.82, 2.24) is 10.2 Å². The second kappa shape index (κ2) is 12.4. The Morgan fingerprint density at radius 2 is 1.84 bits per heavy atom. The molecule has 1 spiro atoms. The van der Waals surface area contributed by atoms with E-state index in [1.165, 1.54) is 9.80 Å². The molecule has 0 radical (unpaired) electrons. The number of hydrogen-bond acceptors (Lipinski definition) is 7. The SMILES string of the molecule is Cc1cccc(Cl)c1N1C/C=C\CCC(=O)NC[C@H](c2ccccc2)OC(=O)[C@@H]2[C@H]3C(=O)N([C@H](C)CO)[C@H](C1=O)[C@]31C=C[C@H]2O1. The first-order valence-corrected chi connectivity index (χ1v) is 15.6. The van der Waals surface area contributed by atoms with Gasteiger partial charge in [0.15, 0.2) is 0 Å². The Labute approximate surface area is 266 Å². The summed E-state index contributed by atoms with van der Waals surface area (Å²) < 4.78 is 12.5. The van der Waals surface area contributed by atoms with Gasteiger partial charge in [-0.15, -0.1) is 0 Å². The molecule has 3 amide bonds. The third kappa shape index (κ3) is 5.34. The average molecular weight is 634 g/mol. The standard InChI is InChI=1S/C34H36ClN3O7/c1-20-10-9-13-23(35)29(20)37-17-8-4-7-14-26(40)36-18-25(22-11-5-3-6-12-22)44-33(43)27-24-15-16-34(45-24)28(27)31(41)38(21(2)19-39)30(34)32(37)42/h3-6,8-13,15-16,21,24-25,27-28,30,39H,7,14,17-19H2,1-2H3,(H,36,40)/b8-4-/t21-,24-,25-,27+,28+,30-,34+/m1/s1. The number of carbonyl (C=O) groups excluding carboxylic acids is 4. The maximum atomic E-state index is 14.8. The van der Waals surface area contributed by atoms with Gasteiger partial charge in [-0.3, -0.25) is 19.2 Å². The molecule has 4 heterocycles. The molecule has 5 bridgehead atoms. The predicted molar refractivity (Wildman–Crippen MR) is 166 cm³/mol. The van der Waals surface area contributed by atoms with Gasteiger partial charge in [-0.25, -0.2) is 0 Å². The van der Waals surface area contributed by atoms with Gasteiger partial charge in [-0.1, -0.05) is 78.4 Å². The number of para-hydroxylation sites is 1. The Bertz CT molecular complexity index is 1540. The molecule has 0 unspecified atom stereocenters. The van der Waals surface area contributed by atoms with Crippen molar-refractivity contribution in [3.63, 3.8) is 0 Å². The number of fused-ring (bicyclic) bond motifs is 2. The van der Waals surface area contributed by atoms with Crippen LogP contribution in [0.2, 0.25) is 5.02 Å². The summed E-state index contributed by atoms with van der Waals surface area (Å²) in [5.41, 5.74) is 0.445. The summed E-state index contributed by atoms with van der Waals surface area (Å²) in [6, 6.07) is 12.5. The highest BCUT2D eigenvalue weighted by atomic mass is 35.5. The number of allylic oxidation sites excluding steroid dienone is 1. The molecule has 4 aliphatic rings. The fourth-order valence-electron chi connectivity index (χ4n) is 7.04. The fourth-order valence-corrected chi connectivity index (χ4v) is 7.37. The average Bonchev–Trinajstić information content (AvgIpc) is 3.68. The van der Waals surface area contributed by atoms with Crippen molar-refractivity contribution in [3.05, 3.63) is 89.0 Å². The molecule has 2 aromatic carbocycles. The summed E-state index contributed by atoms with van der Waals surface area (Å²) in [6.45, 7) is 3.25. The Morgan fingerprint density at radius 3 is 2.58 bits per heavy atom. The Hall–Kier alpha value is -3.99. The minimum Gasteiger partial charge on any atom is -0.455 e. The number of rotatable bonds is 4. The summed E-state index contributed by atoms with van der Waals surface area (Å²) in [6.07, 6.45) is 6.03. The fraction of sp³-hybridized carbons (Fsp3) is 0.412. The highest BCUT2D eigenvalue weighted by Gasteiger charge is 2.74. The molecule has 7 atom stereocenters. The minimum atomic E-state index is -1.46. The lowest BCUT2D eigenvalue weighted by atomic mass is 9.74. The molecule has 45 heavy (non-hydrogen) atoms. The van der Waals surface area contributed by atoms with Crippen molar-refractivity contribution in [2.45, 2.75) is 56.6 Å². The van der Waals surface area contributed by atoms with E-state index < -0.39 is 66.1 Å². The summed E-state index contributed by atoms with van der Waals surface area (Å²) in [5, 5.41) is 13.5. The van der Waals surface area contributed by atoms with Gasteiger partial charge in [0.05, 0.1) is 41.9 Å². The number of aliphatic hydroxyl groups is 1. The molecular formula is C34H36ClN3O7. The number of likely N-dealkylation sites (tertiary alicyclic amines) is 1. The molecule has 2 fully saturated rings. The molecular weight excluding hydrogens is 598 g/mol. The van der Waals surface area contributed by atoms with E-state index in [-0.39, 0.29) is 25.4 Å². The van der Waals surface area contributed by atoms with Crippen LogP contribution < -0.4 is 10.2 Å². The number of amides is 3. The van der Waals surface area contributed by atoms with Crippen LogP contribution in [0.5, 0.6) is 0 Å². The van der Waals surface area contributed by atoms with Gasteiger partial charge in [0.1, 0.15) is 23.7 Å². The first kappa shape index (κ1) is 31.0. The van der Waals surface area contributed by atoms with E-state index in [1.54, 1.807) is 49.4 Å². The summed E-state index contributed by atoms with van der Waals surface area (Å²) in [7, 11) is 0. The Kier molecular flexibility index (Phi) is 8.56. The third-order valence-corrected chi connectivity index (χ3v) is 9.49. The van der Waals surface area contributed by atoms with Gasteiger partial charge in [0.25, 0.3) is 5.91 Å². The number of aryl methyl sites for hydroxylation is 1. The van der Waals surface area contributed by atoms with Gasteiger partial charge in [-0.05, 0) is 37.5 Å². The number of nitrogens with one attached hydrogen (secondary N) is 1. The van der Waals surface area contributed by atoms with E-state index >= 15 is 0 Å². The molecule has 0 aromatic heterocycles. The molecule has 0 aliphatic carbocycles. The highest BCUT2D eigenvalue weighted by molar-refractivity contribution is 6.34. The van der Waals surface area contributed by atoms with Gasteiger partial charge < -0.3 is 29.7 Å². The summed E-state index contributed by atoms with van der Waals surface area (Å²) in [5.74, 6) is -3.92. The van der Waals surface area contributed by atoms with Crippen LogP contribution in [0.3, 0.4) is 0 Å². The van der Waals surface area contributed by atoms with Crippen molar-refractivity contribution >= 4 is 41.0 Å². The molecule has 2 saturated heterocycles. The minimum absolute atomic E-state index is 0.0461. The van der Waals surface area contributed by atoms with Crippen molar-refractivity contribution in [1.29, 1.82) is 0 Å². The van der Waals surface area contributed by atoms with Crippen molar-refractivity contribution in [2.24, 2.45) is 11.8 Å². The quantitative estimate of drug-likeness (QED) is 0.391. The molecule has 4 aliphatic heterocycles. The number of benzene rings is 2. The van der Waals surface area contributed by atoms with E-state index in [2.05, 4.69) is 5.32 Å². The van der Waals surface area contributed by atoms with Crippen LogP contribution in [0.1, 0.15) is 37.0 Å². The zero-order chi connectivity index (χ0) is 31.9. The topological polar surface area (TPSA) is 125 Å². The second-order valence-electron chi connectivity index (χ2n) is 12.0. The van der Waals surface area contributed by atoms with E-state index in [0.29, 0.717) is 22.7 Å². The highest BCUT2D eigenvalue weighted by Crippen LogP contribution is 2.56. The number of nitrogens with zero attached hydrogens (tertiary/aromatic N) is 2. The Morgan fingerprint density at radius 1 is 1.07 bits per heavy atom. The summed E-state index contributed by atoms with van der Waals surface area (Å²) >= 11 is 6.68. The Balaban J connectivity index is 1.46. The number of aliphatic hydroxyl groups excluding tert-OH is 1. The number of cyclic esters (lactones) is 1. The van der Waals surface area contributed by atoms with Crippen LogP contribution in [0.4, 0.5) is 5.69 Å². The second-order valence-corrected chi connectivity index (χ2v) is 12.4. The van der Waals surface area contributed by atoms with E-state index in [1.807, 2.05) is 37.3 Å². The van der Waals surface area contributed by atoms with E-state index in [4.69, 9.17) is 21.1 Å². The van der Waals surface area contributed by atoms with Gasteiger partial charge in [-0.2, -0.15) is 0 Å². The number of hydrogen-bond donors (Lipinski definition) is 2. The lowest BCUT2D eigenvalue weighted by Crippen LogP contribution is -2.58. The van der Waals surface area contributed by atoms with Crippen molar-refractivity contribution in [2.75, 3.05) is 24.6 Å². The zero-order valence-electron chi connectivity index (χ0n) is 25.1. The first-order chi connectivity index (χ1) is 21.7. The number of esters is 1. The third-order valence-electron chi connectivity index (χ3n) is 9.19. The molecule has 11 heteroatoms. The van der Waals surface area contributed by atoms with E-state index in [9.17, 15) is 24.3 Å². The maximum Gasteiger partial charge on any atom is 0.313 e. The van der Waals surface area contributed by atoms with Crippen LogP contribution >= 0.6 is 11.6 Å². The first-order valence-electron chi connectivity index (χ1n) is 15.2. The molecule has 6 rings (SSSR count). The molecule has 2 N–H and O–H groups in total. The molecule has 236 valence electrons. The lowest BCUT2D eigenvalue weighted by Gasteiger charge is -2.38. The summed E-state index contributed by atoms with van der Waals surface area (Å²) in [4.78, 5) is 58.8.